The number of hydrogen-bond donors (Lipinski definition) is 1. The van der Waals surface area contributed by atoms with Crippen molar-refractivity contribution < 1.29 is 14.4 Å². The van der Waals surface area contributed by atoms with Gasteiger partial charge in [0.2, 0.25) is 11.8 Å². The van der Waals surface area contributed by atoms with Crippen LogP contribution in [0.2, 0.25) is 0 Å². The standard InChI is InChI=1S/C21H22N4O3/c1-14-5-3-8-17(11-14)25-19(26)10-9-18(23-25)21(28)24(2)13-15-6-4-7-16(12-15)20(22)27/h3-8,11-12H,9-10,13H2,1-2H3,(H2,22,27). The van der Waals surface area contributed by atoms with Crippen molar-refractivity contribution in [2.24, 2.45) is 10.8 Å². The Bertz CT molecular complexity index is 968. The van der Waals surface area contributed by atoms with Crippen molar-refractivity contribution in [1.29, 1.82) is 0 Å². The predicted octanol–water partition coefficient (Wildman–Crippen LogP) is 2.24. The molecule has 28 heavy (non-hydrogen) atoms. The molecular weight excluding hydrogens is 356 g/mol. The van der Waals surface area contributed by atoms with E-state index in [-0.39, 0.29) is 18.2 Å². The fourth-order valence-electron chi connectivity index (χ4n) is 3.06. The lowest BCUT2D eigenvalue weighted by Gasteiger charge is -2.25. The molecule has 0 aliphatic carbocycles. The monoisotopic (exact) mass is 378 g/mol. The Morgan fingerprint density at radius 3 is 2.61 bits per heavy atom. The Morgan fingerprint density at radius 1 is 1.14 bits per heavy atom. The SMILES string of the molecule is Cc1cccc(N2N=C(C(=O)N(C)Cc3cccc(C(N)=O)c3)CCC2=O)c1. The average Bonchev–Trinajstić information content (AvgIpc) is 2.68. The van der Waals surface area contributed by atoms with Gasteiger partial charge in [0, 0.05) is 32.0 Å². The Kier molecular flexibility index (Phi) is 5.54. The summed E-state index contributed by atoms with van der Waals surface area (Å²) < 4.78 is 0. The van der Waals surface area contributed by atoms with Gasteiger partial charge in [-0.1, -0.05) is 24.3 Å². The van der Waals surface area contributed by atoms with Gasteiger partial charge in [-0.05, 0) is 42.3 Å². The van der Waals surface area contributed by atoms with Crippen LogP contribution in [-0.4, -0.2) is 35.4 Å². The van der Waals surface area contributed by atoms with Crippen LogP contribution in [-0.2, 0) is 16.1 Å². The van der Waals surface area contributed by atoms with E-state index in [0.717, 1.165) is 11.1 Å². The minimum atomic E-state index is -0.514. The van der Waals surface area contributed by atoms with Gasteiger partial charge in [0.25, 0.3) is 5.91 Å². The van der Waals surface area contributed by atoms with Gasteiger partial charge in [0.05, 0.1) is 5.69 Å². The molecule has 2 aromatic rings. The fourth-order valence-corrected chi connectivity index (χ4v) is 3.06. The van der Waals surface area contributed by atoms with Gasteiger partial charge in [0.1, 0.15) is 5.71 Å². The summed E-state index contributed by atoms with van der Waals surface area (Å²) in [5.74, 6) is -0.909. The molecule has 7 heteroatoms. The number of amides is 3. The fraction of sp³-hybridized carbons (Fsp3) is 0.238. The van der Waals surface area contributed by atoms with Crippen molar-refractivity contribution in [2.75, 3.05) is 12.1 Å². The van der Waals surface area contributed by atoms with E-state index in [1.165, 1.54) is 9.91 Å². The van der Waals surface area contributed by atoms with Crippen LogP contribution in [0.3, 0.4) is 0 Å². The third kappa shape index (κ3) is 4.25. The normalized spacial score (nSPS) is 13.9. The summed E-state index contributed by atoms with van der Waals surface area (Å²) in [6.07, 6.45) is 0.523. The Labute approximate surface area is 163 Å². The van der Waals surface area contributed by atoms with Crippen molar-refractivity contribution in [3.63, 3.8) is 0 Å². The van der Waals surface area contributed by atoms with E-state index in [0.29, 0.717) is 29.9 Å². The van der Waals surface area contributed by atoms with Gasteiger partial charge in [-0.2, -0.15) is 5.10 Å². The van der Waals surface area contributed by atoms with Crippen LogP contribution in [0.4, 0.5) is 5.69 Å². The van der Waals surface area contributed by atoms with Gasteiger partial charge >= 0.3 is 0 Å². The van der Waals surface area contributed by atoms with Crippen molar-refractivity contribution in [2.45, 2.75) is 26.3 Å². The lowest BCUT2D eigenvalue weighted by Crippen LogP contribution is -2.39. The second kappa shape index (κ2) is 8.04. The summed E-state index contributed by atoms with van der Waals surface area (Å²) in [6, 6.07) is 14.3. The zero-order valence-corrected chi connectivity index (χ0v) is 15.9. The van der Waals surface area contributed by atoms with E-state index in [2.05, 4.69) is 5.10 Å². The van der Waals surface area contributed by atoms with Crippen LogP contribution >= 0.6 is 0 Å². The highest BCUT2D eigenvalue weighted by Gasteiger charge is 2.27. The van der Waals surface area contributed by atoms with Gasteiger partial charge in [-0.15, -0.1) is 0 Å². The van der Waals surface area contributed by atoms with E-state index in [1.807, 2.05) is 31.2 Å². The Hall–Kier alpha value is -3.48. The molecule has 2 aromatic carbocycles. The number of benzene rings is 2. The molecule has 0 fully saturated rings. The largest absolute Gasteiger partial charge is 0.366 e. The van der Waals surface area contributed by atoms with Crippen molar-refractivity contribution in [3.05, 3.63) is 65.2 Å². The summed E-state index contributed by atoms with van der Waals surface area (Å²) in [6.45, 7) is 2.24. The molecule has 0 bridgehead atoms. The minimum Gasteiger partial charge on any atom is -0.366 e. The maximum atomic E-state index is 12.8. The van der Waals surface area contributed by atoms with E-state index in [4.69, 9.17) is 5.73 Å². The number of nitrogens with zero attached hydrogens (tertiary/aromatic N) is 3. The number of anilines is 1. The van der Waals surface area contributed by atoms with E-state index in [9.17, 15) is 14.4 Å². The number of rotatable bonds is 5. The van der Waals surface area contributed by atoms with Crippen molar-refractivity contribution in [3.8, 4) is 0 Å². The molecular formula is C21H22N4O3. The van der Waals surface area contributed by atoms with Gasteiger partial charge in [0.15, 0.2) is 0 Å². The number of carbonyl (C=O) groups excluding carboxylic acids is 3. The molecule has 3 amide bonds. The van der Waals surface area contributed by atoms with Crippen LogP contribution < -0.4 is 10.7 Å². The average molecular weight is 378 g/mol. The molecule has 0 atom stereocenters. The number of hydrazone groups is 1. The van der Waals surface area contributed by atoms with Crippen molar-refractivity contribution >= 4 is 29.1 Å². The molecule has 1 aliphatic rings. The molecule has 0 saturated carbocycles. The summed E-state index contributed by atoms with van der Waals surface area (Å²) in [5.41, 5.74) is 8.47. The van der Waals surface area contributed by atoms with Gasteiger partial charge in [-0.3, -0.25) is 14.4 Å². The van der Waals surface area contributed by atoms with E-state index >= 15 is 0 Å². The molecule has 144 valence electrons. The smallest absolute Gasteiger partial charge is 0.270 e. The predicted molar refractivity (Wildman–Crippen MR) is 107 cm³/mol. The molecule has 0 spiro atoms. The zero-order valence-electron chi connectivity index (χ0n) is 15.9. The highest BCUT2D eigenvalue weighted by Crippen LogP contribution is 2.22. The second-order valence-electron chi connectivity index (χ2n) is 6.82. The first-order chi connectivity index (χ1) is 13.3. The van der Waals surface area contributed by atoms with Crippen LogP contribution in [0.15, 0.2) is 53.6 Å². The number of carbonyl (C=O) groups is 3. The van der Waals surface area contributed by atoms with Gasteiger partial charge < -0.3 is 10.6 Å². The molecule has 0 saturated heterocycles. The molecule has 3 rings (SSSR count). The first-order valence-electron chi connectivity index (χ1n) is 8.96. The second-order valence-corrected chi connectivity index (χ2v) is 6.82. The molecule has 2 N–H and O–H groups in total. The third-order valence-electron chi connectivity index (χ3n) is 4.50. The number of aryl methyl sites for hydroxylation is 1. The topological polar surface area (TPSA) is 96.1 Å². The van der Waals surface area contributed by atoms with Crippen molar-refractivity contribution in [1.82, 2.24) is 4.90 Å². The molecule has 7 nitrogen and oxygen atoms in total. The first-order valence-corrected chi connectivity index (χ1v) is 8.96. The molecule has 0 radical (unpaired) electrons. The molecule has 0 unspecified atom stereocenters. The highest BCUT2D eigenvalue weighted by atomic mass is 16.2. The number of hydrogen-bond acceptors (Lipinski definition) is 4. The summed E-state index contributed by atoms with van der Waals surface area (Å²) in [4.78, 5) is 38.0. The zero-order chi connectivity index (χ0) is 20.3. The quantitative estimate of drug-likeness (QED) is 0.864. The summed E-state index contributed by atoms with van der Waals surface area (Å²) in [7, 11) is 1.66. The highest BCUT2D eigenvalue weighted by molar-refractivity contribution is 6.40. The van der Waals surface area contributed by atoms with Crippen LogP contribution in [0, 0.1) is 6.92 Å². The molecule has 1 aliphatic heterocycles. The van der Waals surface area contributed by atoms with Gasteiger partial charge in [-0.25, -0.2) is 5.01 Å². The lowest BCUT2D eigenvalue weighted by atomic mass is 10.1. The summed E-state index contributed by atoms with van der Waals surface area (Å²) in [5, 5.41) is 5.61. The third-order valence-corrected chi connectivity index (χ3v) is 4.50. The molecule has 1 heterocycles. The van der Waals surface area contributed by atoms with E-state index in [1.54, 1.807) is 31.3 Å². The lowest BCUT2D eigenvalue weighted by molar-refractivity contribution is -0.123. The first kappa shape index (κ1) is 19.3. The maximum absolute atomic E-state index is 12.8. The number of nitrogens with two attached hydrogens (primary N) is 1. The van der Waals surface area contributed by atoms with Crippen LogP contribution in [0.25, 0.3) is 0 Å². The Morgan fingerprint density at radius 2 is 1.89 bits per heavy atom. The summed E-state index contributed by atoms with van der Waals surface area (Å²) >= 11 is 0. The molecule has 0 aromatic heterocycles. The van der Waals surface area contributed by atoms with Crippen LogP contribution in [0.1, 0.15) is 34.3 Å². The number of primary amides is 1. The Balaban J connectivity index is 1.79. The van der Waals surface area contributed by atoms with Crippen LogP contribution in [0.5, 0.6) is 0 Å². The minimum absolute atomic E-state index is 0.140. The maximum Gasteiger partial charge on any atom is 0.270 e. The van der Waals surface area contributed by atoms with E-state index < -0.39 is 5.91 Å².